The van der Waals surface area contributed by atoms with Crippen LogP contribution in [0.15, 0.2) is 72.8 Å². The van der Waals surface area contributed by atoms with Gasteiger partial charge in [0.2, 0.25) is 0 Å². The van der Waals surface area contributed by atoms with Crippen molar-refractivity contribution in [3.05, 3.63) is 95.1 Å². The molecule has 262 valence electrons. The van der Waals surface area contributed by atoms with Gasteiger partial charge in [0, 0.05) is 50.5 Å². The first-order valence-corrected chi connectivity index (χ1v) is 17.2. The average molecular weight is 674 g/mol. The number of piperidine rings is 1. The SMILES string of the molecule is CCOC(=O)CNC(=O)NCc1ccccc1-c1ccc([C@@H]2O[C@H](CN3CCC4(CC3)OCCO4)[C@H](C)[C@H](c3ccc(CO)cc3)O2)cc1. The minimum atomic E-state index is -0.574. The number of hydrogen-bond acceptors (Lipinski definition) is 9. The fourth-order valence-electron chi connectivity index (χ4n) is 6.82. The summed E-state index contributed by atoms with van der Waals surface area (Å²) in [5.41, 5.74) is 5.73. The average Bonchev–Trinajstić information content (AvgIpc) is 3.60. The predicted molar refractivity (Wildman–Crippen MR) is 182 cm³/mol. The second-order valence-electron chi connectivity index (χ2n) is 12.9. The number of rotatable bonds is 11. The third-order valence-corrected chi connectivity index (χ3v) is 9.64. The van der Waals surface area contributed by atoms with Crippen molar-refractivity contribution in [2.45, 2.75) is 64.1 Å². The number of likely N-dealkylation sites (tertiary alicyclic amines) is 1. The smallest absolute Gasteiger partial charge is 0.325 e. The van der Waals surface area contributed by atoms with E-state index in [1.807, 2.05) is 72.8 Å². The van der Waals surface area contributed by atoms with Gasteiger partial charge in [-0.15, -0.1) is 0 Å². The normalized spacial score (nSPS) is 23.7. The zero-order valence-corrected chi connectivity index (χ0v) is 28.3. The molecule has 6 rings (SSSR count). The Balaban J connectivity index is 1.15. The number of carbonyl (C=O) groups is 2. The number of hydrogen-bond donors (Lipinski definition) is 3. The van der Waals surface area contributed by atoms with Crippen LogP contribution in [0.4, 0.5) is 4.79 Å². The quantitative estimate of drug-likeness (QED) is 0.245. The number of aliphatic hydroxyl groups excluding tert-OH is 1. The Morgan fingerprint density at radius 2 is 1.61 bits per heavy atom. The fourth-order valence-corrected chi connectivity index (χ4v) is 6.82. The van der Waals surface area contributed by atoms with Gasteiger partial charge in [0.05, 0.1) is 38.6 Å². The van der Waals surface area contributed by atoms with Gasteiger partial charge in [0.15, 0.2) is 12.1 Å². The Morgan fingerprint density at radius 1 is 0.918 bits per heavy atom. The molecule has 3 aliphatic heterocycles. The molecule has 3 aliphatic rings. The summed E-state index contributed by atoms with van der Waals surface area (Å²) in [5, 5.41) is 15.0. The zero-order chi connectivity index (χ0) is 34.2. The van der Waals surface area contributed by atoms with E-state index in [9.17, 15) is 14.7 Å². The highest BCUT2D eigenvalue weighted by atomic mass is 16.7. The molecule has 3 aromatic carbocycles. The van der Waals surface area contributed by atoms with Gasteiger partial charge in [-0.25, -0.2) is 4.79 Å². The molecule has 1 spiro atoms. The summed E-state index contributed by atoms with van der Waals surface area (Å²) in [6.07, 6.45) is 0.835. The Labute approximate surface area is 287 Å². The molecule has 4 atom stereocenters. The standard InChI is InChI=1S/C38H47N3O8/c1-3-45-34(43)23-40-37(44)39-22-31-6-4-5-7-32(31)28-12-14-30(15-13-28)36-48-33(24-41-18-16-38(17-19-41)46-20-21-47-38)26(2)35(49-36)29-10-8-27(25-42)9-11-29/h4-15,26,33,35-36,42H,3,16-25H2,1-2H3,(H2,39,40,44)/t26-,33+,35+,36+/m0/s1. The van der Waals surface area contributed by atoms with Gasteiger partial charge in [-0.05, 0) is 34.7 Å². The van der Waals surface area contributed by atoms with Crippen LogP contribution in [-0.4, -0.2) is 79.9 Å². The molecule has 3 N–H and O–H groups in total. The van der Waals surface area contributed by atoms with Crippen LogP contribution in [0.25, 0.3) is 11.1 Å². The summed E-state index contributed by atoms with van der Waals surface area (Å²) in [4.78, 5) is 26.3. The predicted octanol–water partition coefficient (Wildman–Crippen LogP) is 4.84. The molecule has 0 aromatic heterocycles. The highest BCUT2D eigenvalue weighted by molar-refractivity contribution is 5.81. The maximum atomic E-state index is 12.3. The first-order chi connectivity index (χ1) is 23.9. The maximum absolute atomic E-state index is 12.3. The van der Waals surface area contributed by atoms with E-state index in [1.165, 1.54) is 0 Å². The lowest BCUT2D eigenvalue weighted by atomic mass is 9.89. The minimum absolute atomic E-state index is 0.00613. The third kappa shape index (κ3) is 8.67. The van der Waals surface area contributed by atoms with E-state index in [-0.39, 0.29) is 44.4 Å². The molecule has 11 nitrogen and oxygen atoms in total. The van der Waals surface area contributed by atoms with Crippen LogP contribution >= 0.6 is 0 Å². The number of nitrogens with zero attached hydrogens (tertiary/aromatic N) is 1. The Morgan fingerprint density at radius 3 is 2.31 bits per heavy atom. The van der Waals surface area contributed by atoms with E-state index in [4.69, 9.17) is 23.7 Å². The third-order valence-electron chi connectivity index (χ3n) is 9.64. The van der Waals surface area contributed by atoms with Gasteiger partial charge in [-0.3, -0.25) is 4.79 Å². The molecule has 11 heteroatoms. The maximum Gasteiger partial charge on any atom is 0.325 e. The summed E-state index contributed by atoms with van der Waals surface area (Å²) < 4.78 is 30.2. The van der Waals surface area contributed by atoms with E-state index >= 15 is 0 Å². The van der Waals surface area contributed by atoms with Crippen molar-refractivity contribution in [2.75, 3.05) is 46.0 Å². The molecule has 0 radical (unpaired) electrons. The molecule has 0 bridgehead atoms. The van der Waals surface area contributed by atoms with E-state index in [0.717, 1.165) is 65.9 Å². The molecule has 0 saturated carbocycles. The Bertz CT molecular complexity index is 1530. The second kappa shape index (κ2) is 16.2. The first-order valence-electron chi connectivity index (χ1n) is 17.2. The Kier molecular flexibility index (Phi) is 11.6. The summed E-state index contributed by atoms with van der Waals surface area (Å²) >= 11 is 0. The number of esters is 1. The second-order valence-corrected chi connectivity index (χ2v) is 12.9. The molecule has 49 heavy (non-hydrogen) atoms. The van der Waals surface area contributed by atoms with Crippen LogP contribution < -0.4 is 10.6 Å². The van der Waals surface area contributed by atoms with Crippen LogP contribution in [0.5, 0.6) is 0 Å². The molecule has 0 aliphatic carbocycles. The number of urea groups is 1. The summed E-state index contributed by atoms with van der Waals surface area (Å²) in [7, 11) is 0. The van der Waals surface area contributed by atoms with Crippen LogP contribution in [-0.2, 0) is 41.6 Å². The molecule has 0 unspecified atom stereocenters. The summed E-state index contributed by atoms with van der Waals surface area (Å²) in [6, 6.07) is 23.6. The molecule has 3 heterocycles. The van der Waals surface area contributed by atoms with Crippen molar-refractivity contribution in [3.63, 3.8) is 0 Å². The topological polar surface area (TPSA) is 128 Å². The number of carbonyl (C=O) groups excluding carboxylic acids is 2. The molecular formula is C38H47N3O8. The monoisotopic (exact) mass is 673 g/mol. The first kappa shape index (κ1) is 35.0. The van der Waals surface area contributed by atoms with Gasteiger partial charge < -0.3 is 44.3 Å². The van der Waals surface area contributed by atoms with Crippen molar-refractivity contribution in [2.24, 2.45) is 5.92 Å². The van der Waals surface area contributed by atoms with Crippen molar-refractivity contribution >= 4 is 12.0 Å². The van der Waals surface area contributed by atoms with Crippen LogP contribution in [0, 0.1) is 5.92 Å². The number of ether oxygens (including phenoxy) is 5. The lowest BCUT2D eigenvalue weighted by molar-refractivity contribution is -0.278. The van der Waals surface area contributed by atoms with Gasteiger partial charge in [0.1, 0.15) is 6.54 Å². The van der Waals surface area contributed by atoms with Gasteiger partial charge in [-0.2, -0.15) is 0 Å². The number of amides is 2. The number of aliphatic hydroxyl groups is 1. The number of benzene rings is 3. The van der Waals surface area contributed by atoms with Gasteiger partial charge >= 0.3 is 12.0 Å². The lowest BCUT2D eigenvalue weighted by Gasteiger charge is -2.44. The van der Waals surface area contributed by atoms with Gasteiger partial charge in [-0.1, -0.05) is 79.7 Å². The summed E-state index contributed by atoms with van der Waals surface area (Å²) in [6.45, 7) is 8.11. The molecule has 3 saturated heterocycles. The van der Waals surface area contributed by atoms with Crippen LogP contribution in [0.3, 0.4) is 0 Å². The molecule has 2 amide bonds. The van der Waals surface area contributed by atoms with Crippen molar-refractivity contribution < 1.29 is 38.4 Å². The minimum Gasteiger partial charge on any atom is -0.465 e. The molecule has 3 aromatic rings. The van der Waals surface area contributed by atoms with Crippen molar-refractivity contribution in [1.82, 2.24) is 15.5 Å². The largest absolute Gasteiger partial charge is 0.465 e. The molecular weight excluding hydrogens is 626 g/mol. The van der Waals surface area contributed by atoms with E-state index in [0.29, 0.717) is 13.2 Å². The molecule has 3 fully saturated rings. The van der Waals surface area contributed by atoms with E-state index < -0.39 is 24.1 Å². The fraction of sp³-hybridized carbons (Fsp3) is 0.474. The number of nitrogens with one attached hydrogen (secondary N) is 2. The van der Waals surface area contributed by atoms with Crippen LogP contribution in [0.1, 0.15) is 61.3 Å². The summed E-state index contributed by atoms with van der Waals surface area (Å²) in [5.74, 6) is -0.825. The van der Waals surface area contributed by atoms with E-state index in [1.54, 1.807) is 6.92 Å². The highest BCUT2D eigenvalue weighted by Gasteiger charge is 2.43. The lowest BCUT2D eigenvalue weighted by Crippen LogP contribution is -2.50. The van der Waals surface area contributed by atoms with Crippen molar-refractivity contribution in [1.29, 1.82) is 0 Å². The zero-order valence-electron chi connectivity index (χ0n) is 28.3. The van der Waals surface area contributed by atoms with E-state index in [2.05, 4.69) is 22.5 Å². The van der Waals surface area contributed by atoms with Gasteiger partial charge in [0.25, 0.3) is 0 Å². The Hall–Kier alpha value is -3.84. The highest BCUT2D eigenvalue weighted by Crippen LogP contribution is 2.43. The van der Waals surface area contributed by atoms with Crippen LogP contribution in [0.2, 0.25) is 0 Å². The van der Waals surface area contributed by atoms with Crippen molar-refractivity contribution in [3.8, 4) is 11.1 Å².